The molecule has 3 fully saturated rings. The first-order chi connectivity index (χ1) is 18.9. The largest absolute Gasteiger partial charge is 0.497 e. The first-order valence-corrected chi connectivity index (χ1v) is 13.9. The number of rotatable bonds is 7. The minimum Gasteiger partial charge on any atom is -0.497 e. The van der Waals surface area contributed by atoms with Crippen LogP contribution in [0.25, 0.3) is 0 Å². The molecule has 1 saturated carbocycles. The predicted octanol–water partition coefficient (Wildman–Crippen LogP) is 3.74. The van der Waals surface area contributed by atoms with E-state index in [2.05, 4.69) is 10.6 Å². The molecule has 1 aliphatic carbocycles. The second-order valence-electron chi connectivity index (χ2n) is 11.2. The maximum atomic E-state index is 14.1. The molecule has 0 radical (unpaired) electrons. The van der Waals surface area contributed by atoms with Gasteiger partial charge in [-0.3, -0.25) is 14.4 Å². The van der Waals surface area contributed by atoms with Gasteiger partial charge in [0.05, 0.1) is 25.0 Å². The summed E-state index contributed by atoms with van der Waals surface area (Å²) >= 11 is 0. The fraction of sp³-hybridized carbons (Fsp3) is 0.452. The molecule has 8 nitrogen and oxygen atoms in total. The Morgan fingerprint density at radius 3 is 2.59 bits per heavy atom. The number of nitrogens with one attached hydrogen (secondary N) is 2. The number of nitrogens with zero attached hydrogens (tertiary/aromatic N) is 1. The van der Waals surface area contributed by atoms with Crippen LogP contribution < -0.4 is 15.4 Å². The Labute approximate surface area is 228 Å². The van der Waals surface area contributed by atoms with Crippen molar-refractivity contribution in [3.05, 3.63) is 71.8 Å². The van der Waals surface area contributed by atoms with Gasteiger partial charge in [-0.05, 0) is 37.5 Å². The van der Waals surface area contributed by atoms with Gasteiger partial charge in [0, 0.05) is 24.3 Å². The second kappa shape index (κ2) is 10.2. The molecular weight excluding hydrogens is 494 g/mol. The molecule has 3 heterocycles. The normalized spacial score (nSPS) is 29.4. The number of carbonyl (C=O) groups excluding carboxylic acids is 3. The maximum absolute atomic E-state index is 14.1. The zero-order valence-corrected chi connectivity index (χ0v) is 22.4. The molecule has 2 saturated heterocycles. The van der Waals surface area contributed by atoms with E-state index in [1.807, 2.05) is 43.3 Å². The standard InChI is InChI=1S/C31H35N3O5/c1-19-11-13-20(14-12-19)18-34-27(29(36)32-21-7-4-3-5-8-21)31-16-15-24(39-31)25(26(31)30(34)37)28(35)33-22-9-6-10-23(17-22)38-2/h6,9-17,21,24-27H,3-5,7-8,18H2,1-2H3,(H,32,36)(H,33,35)/t24-,25+,26-,27-,31-/m1/s1. The van der Waals surface area contributed by atoms with E-state index in [0.29, 0.717) is 11.4 Å². The number of ether oxygens (including phenoxy) is 2. The van der Waals surface area contributed by atoms with Gasteiger partial charge >= 0.3 is 0 Å². The summed E-state index contributed by atoms with van der Waals surface area (Å²) in [5, 5.41) is 6.18. The summed E-state index contributed by atoms with van der Waals surface area (Å²) in [7, 11) is 1.57. The lowest BCUT2D eigenvalue weighted by atomic mass is 9.74. The van der Waals surface area contributed by atoms with E-state index in [9.17, 15) is 14.4 Å². The van der Waals surface area contributed by atoms with Crippen LogP contribution in [0.5, 0.6) is 5.75 Å². The van der Waals surface area contributed by atoms with Gasteiger partial charge < -0.3 is 25.0 Å². The summed E-state index contributed by atoms with van der Waals surface area (Å²) in [6.07, 6.45) is 8.34. The first-order valence-electron chi connectivity index (χ1n) is 13.9. The number of likely N-dealkylation sites (tertiary alicyclic amines) is 1. The Morgan fingerprint density at radius 1 is 1.08 bits per heavy atom. The van der Waals surface area contributed by atoms with E-state index < -0.39 is 29.6 Å². The number of benzene rings is 2. The molecule has 6 rings (SSSR count). The van der Waals surface area contributed by atoms with Gasteiger partial charge in [-0.2, -0.15) is 0 Å². The fourth-order valence-electron chi connectivity index (χ4n) is 6.78. The molecule has 3 aliphatic heterocycles. The van der Waals surface area contributed by atoms with E-state index >= 15 is 0 Å². The Kier molecular flexibility index (Phi) is 6.67. The van der Waals surface area contributed by atoms with Crippen LogP contribution in [0, 0.1) is 18.8 Å². The summed E-state index contributed by atoms with van der Waals surface area (Å²) < 4.78 is 11.7. The SMILES string of the molecule is COc1cccc(NC(=O)[C@H]2[C@H]3C=C[C@@]4(O3)[C@H]2C(=O)N(Cc2ccc(C)cc2)[C@@H]4C(=O)NC2CCCCC2)c1. The Balaban J connectivity index is 1.32. The molecule has 3 amide bonds. The molecule has 4 aliphatic rings. The number of methoxy groups -OCH3 is 1. The average molecular weight is 530 g/mol. The van der Waals surface area contributed by atoms with Gasteiger partial charge in [0.15, 0.2) is 0 Å². The summed E-state index contributed by atoms with van der Waals surface area (Å²) in [5.74, 6) is -1.65. The highest BCUT2D eigenvalue weighted by molar-refractivity contribution is 6.02. The average Bonchev–Trinajstić information content (AvgIpc) is 3.58. The van der Waals surface area contributed by atoms with E-state index in [1.165, 1.54) is 6.42 Å². The molecule has 2 aromatic rings. The highest BCUT2D eigenvalue weighted by atomic mass is 16.5. The zero-order valence-electron chi connectivity index (χ0n) is 22.4. The predicted molar refractivity (Wildman–Crippen MR) is 146 cm³/mol. The Morgan fingerprint density at radius 2 is 1.85 bits per heavy atom. The zero-order chi connectivity index (χ0) is 27.1. The third-order valence-corrected chi connectivity index (χ3v) is 8.69. The molecular formula is C31H35N3O5. The molecule has 8 heteroatoms. The molecule has 0 aromatic heterocycles. The third-order valence-electron chi connectivity index (χ3n) is 8.69. The number of amides is 3. The van der Waals surface area contributed by atoms with Crippen molar-refractivity contribution in [1.29, 1.82) is 0 Å². The van der Waals surface area contributed by atoms with Crippen molar-refractivity contribution in [3.63, 3.8) is 0 Å². The van der Waals surface area contributed by atoms with Crippen LogP contribution in [0.2, 0.25) is 0 Å². The third kappa shape index (κ3) is 4.50. The Hall–Kier alpha value is -3.65. The first kappa shape index (κ1) is 25.6. The van der Waals surface area contributed by atoms with Gasteiger partial charge in [-0.15, -0.1) is 0 Å². The van der Waals surface area contributed by atoms with Gasteiger partial charge in [-0.25, -0.2) is 0 Å². The van der Waals surface area contributed by atoms with Crippen LogP contribution in [0.1, 0.15) is 43.2 Å². The lowest BCUT2D eigenvalue weighted by Crippen LogP contribution is -2.56. The Bertz CT molecular complexity index is 1300. The van der Waals surface area contributed by atoms with Crippen molar-refractivity contribution in [2.75, 3.05) is 12.4 Å². The van der Waals surface area contributed by atoms with Gasteiger partial charge in [0.1, 0.15) is 17.4 Å². The summed E-state index contributed by atoms with van der Waals surface area (Å²) in [6, 6.07) is 14.3. The molecule has 5 atom stereocenters. The van der Waals surface area contributed by atoms with Crippen molar-refractivity contribution in [2.24, 2.45) is 11.8 Å². The monoisotopic (exact) mass is 529 g/mol. The van der Waals surface area contributed by atoms with E-state index in [1.54, 1.807) is 36.3 Å². The van der Waals surface area contributed by atoms with E-state index in [-0.39, 0.29) is 30.3 Å². The van der Waals surface area contributed by atoms with Crippen LogP contribution in [0.3, 0.4) is 0 Å². The van der Waals surface area contributed by atoms with Crippen molar-refractivity contribution in [2.45, 2.75) is 69.4 Å². The van der Waals surface area contributed by atoms with Crippen LogP contribution in [-0.4, -0.2) is 53.5 Å². The number of hydrogen-bond acceptors (Lipinski definition) is 5. The molecule has 1 spiro atoms. The lowest BCUT2D eigenvalue weighted by Gasteiger charge is -2.34. The number of aryl methyl sites for hydroxylation is 1. The molecule has 2 N–H and O–H groups in total. The van der Waals surface area contributed by atoms with E-state index in [4.69, 9.17) is 9.47 Å². The highest BCUT2D eigenvalue weighted by Crippen LogP contribution is 2.55. The smallest absolute Gasteiger partial charge is 0.246 e. The summed E-state index contributed by atoms with van der Waals surface area (Å²) in [4.78, 5) is 43.4. The molecule has 2 aromatic carbocycles. The number of fused-ring (bicyclic) bond motifs is 1. The quantitative estimate of drug-likeness (QED) is 0.533. The summed E-state index contributed by atoms with van der Waals surface area (Å²) in [6.45, 7) is 2.28. The molecule has 0 unspecified atom stereocenters. The van der Waals surface area contributed by atoms with Crippen molar-refractivity contribution in [3.8, 4) is 5.75 Å². The van der Waals surface area contributed by atoms with Gasteiger partial charge in [-0.1, -0.05) is 67.3 Å². The van der Waals surface area contributed by atoms with Crippen molar-refractivity contribution in [1.82, 2.24) is 10.2 Å². The minimum absolute atomic E-state index is 0.0905. The molecule has 39 heavy (non-hydrogen) atoms. The lowest BCUT2D eigenvalue weighted by molar-refractivity contribution is -0.142. The second-order valence-corrected chi connectivity index (χ2v) is 11.2. The number of carbonyl (C=O) groups is 3. The fourth-order valence-corrected chi connectivity index (χ4v) is 6.78. The van der Waals surface area contributed by atoms with Gasteiger partial charge in [0.25, 0.3) is 0 Å². The van der Waals surface area contributed by atoms with Crippen molar-refractivity contribution < 1.29 is 23.9 Å². The van der Waals surface area contributed by atoms with Crippen molar-refractivity contribution >= 4 is 23.4 Å². The van der Waals surface area contributed by atoms with Crippen LogP contribution in [-0.2, 0) is 25.7 Å². The number of anilines is 1. The summed E-state index contributed by atoms with van der Waals surface area (Å²) in [5.41, 5.74) is 1.44. The minimum atomic E-state index is -1.18. The topological polar surface area (TPSA) is 97.0 Å². The maximum Gasteiger partial charge on any atom is 0.246 e. The van der Waals surface area contributed by atoms with Crippen LogP contribution in [0.4, 0.5) is 5.69 Å². The highest BCUT2D eigenvalue weighted by Gasteiger charge is 2.72. The van der Waals surface area contributed by atoms with Crippen LogP contribution >= 0.6 is 0 Å². The molecule has 204 valence electrons. The van der Waals surface area contributed by atoms with Crippen LogP contribution in [0.15, 0.2) is 60.7 Å². The van der Waals surface area contributed by atoms with E-state index in [0.717, 1.165) is 36.8 Å². The number of hydrogen-bond donors (Lipinski definition) is 2. The van der Waals surface area contributed by atoms with Gasteiger partial charge in [0.2, 0.25) is 17.7 Å². The molecule has 2 bridgehead atoms.